The van der Waals surface area contributed by atoms with Gasteiger partial charge in [-0.15, -0.1) is 0 Å². The second-order valence-corrected chi connectivity index (χ2v) is 6.30. The summed E-state index contributed by atoms with van der Waals surface area (Å²) in [4.78, 5) is 13.4. The minimum Gasteiger partial charge on any atom is -0.467 e. The monoisotopic (exact) mass is 360 g/mol. The lowest BCUT2D eigenvalue weighted by atomic mass is 9.90. The largest absolute Gasteiger partial charge is 0.467 e. The molecule has 0 aliphatic carbocycles. The van der Waals surface area contributed by atoms with Gasteiger partial charge < -0.3 is 15.1 Å². The number of nitrogens with one attached hydrogen (secondary N) is 2. The average Bonchev–Trinajstić information content (AvgIpc) is 3.23. The van der Waals surface area contributed by atoms with Gasteiger partial charge in [-0.05, 0) is 29.9 Å². The molecule has 2 heterocycles. The SMILES string of the molecule is O=C(C1=C(c2ccccc2)NC(=S)N[C@H]1c1ccco1)c1ccccc1. The Morgan fingerprint density at radius 3 is 2.27 bits per heavy atom. The molecule has 128 valence electrons. The number of Topliss-reactive ketones (excluding diaryl/α,β-unsaturated/α-hetero) is 1. The standard InChI is InChI=1S/C21H16N2O2S/c24-20(15-10-5-2-6-11-15)17-18(14-8-3-1-4-9-14)22-21(26)23-19(17)16-12-7-13-25-16/h1-13,19H,(H2,22,23,26)/t19-/m0/s1. The second kappa shape index (κ2) is 6.98. The summed E-state index contributed by atoms with van der Waals surface area (Å²) < 4.78 is 5.59. The van der Waals surface area contributed by atoms with E-state index in [1.54, 1.807) is 12.3 Å². The highest BCUT2D eigenvalue weighted by Gasteiger charge is 2.33. The molecule has 0 bridgehead atoms. The number of rotatable bonds is 4. The Bertz CT molecular complexity index is 964. The number of furan rings is 1. The number of carbonyl (C=O) groups excluding carboxylic acids is 1. The fourth-order valence-electron chi connectivity index (χ4n) is 3.06. The van der Waals surface area contributed by atoms with Gasteiger partial charge in [-0.25, -0.2) is 0 Å². The van der Waals surface area contributed by atoms with E-state index in [4.69, 9.17) is 16.6 Å². The first-order valence-corrected chi connectivity index (χ1v) is 8.65. The number of hydrogen-bond acceptors (Lipinski definition) is 3. The highest BCUT2D eigenvalue weighted by atomic mass is 32.1. The van der Waals surface area contributed by atoms with E-state index in [-0.39, 0.29) is 5.78 Å². The van der Waals surface area contributed by atoms with Crippen molar-refractivity contribution < 1.29 is 9.21 Å². The minimum absolute atomic E-state index is 0.0756. The Hall–Kier alpha value is -3.18. The van der Waals surface area contributed by atoms with E-state index in [1.165, 1.54) is 0 Å². The van der Waals surface area contributed by atoms with Crippen molar-refractivity contribution in [2.45, 2.75) is 6.04 Å². The Labute approximate surface area is 156 Å². The summed E-state index contributed by atoms with van der Waals surface area (Å²) in [5.41, 5.74) is 2.78. The molecule has 2 aromatic carbocycles. The van der Waals surface area contributed by atoms with Crippen molar-refractivity contribution in [2.24, 2.45) is 0 Å². The van der Waals surface area contributed by atoms with Crippen LogP contribution in [-0.2, 0) is 0 Å². The van der Waals surface area contributed by atoms with Crippen LogP contribution >= 0.6 is 12.2 Å². The zero-order chi connectivity index (χ0) is 17.9. The van der Waals surface area contributed by atoms with E-state index in [9.17, 15) is 4.79 Å². The third-order valence-electron chi connectivity index (χ3n) is 4.24. The molecule has 1 aliphatic heterocycles. The topological polar surface area (TPSA) is 54.3 Å². The second-order valence-electron chi connectivity index (χ2n) is 5.90. The lowest BCUT2D eigenvalue weighted by molar-refractivity contribution is 0.102. The lowest BCUT2D eigenvalue weighted by Crippen LogP contribution is -2.44. The first kappa shape index (κ1) is 16.3. The van der Waals surface area contributed by atoms with Crippen LogP contribution in [0.3, 0.4) is 0 Å². The lowest BCUT2D eigenvalue weighted by Gasteiger charge is -2.30. The van der Waals surface area contributed by atoms with Crippen molar-refractivity contribution >= 4 is 28.8 Å². The fraction of sp³-hybridized carbons (Fsp3) is 0.0476. The Morgan fingerprint density at radius 1 is 0.923 bits per heavy atom. The van der Waals surface area contributed by atoms with Crippen molar-refractivity contribution in [1.82, 2.24) is 10.6 Å². The molecule has 0 saturated heterocycles. The van der Waals surface area contributed by atoms with Crippen LogP contribution < -0.4 is 10.6 Å². The van der Waals surface area contributed by atoms with Gasteiger partial charge in [-0.2, -0.15) is 0 Å². The molecule has 2 N–H and O–H groups in total. The molecule has 0 radical (unpaired) electrons. The molecule has 3 aromatic rings. The van der Waals surface area contributed by atoms with Crippen LogP contribution in [0.15, 0.2) is 89.0 Å². The third kappa shape index (κ3) is 3.05. The summed E-state index contributed by atoms with van der Waals surface area (Å²) >= 11 is 5.38. The number of thiocarbonyl (C=S) groups is 1. The highest BCUT2D eigenvalue weighted by Crippen LogP contribution is 2.33. The van der Waals surface area contributed by atoms with Crippen LogP contribution in [0.5, 0.6) is 0 Å². The number of carbonyl (C=O) groups is 1. The Morgan fingerprint density at radius 2 is 1.62 bits per heavy atom. The molecule has 0 fully saturated rings. The molecule has 26 heavy (non-hydrogen) atoms. The van der Waals surface area contributed by atoms with Gasteiger partial charge in [0.05, 0.1) is 17.5 Å². The van der Waals surface area contributed by atoms with Crippen LogP contribution in [0, 0.1) is 0 Å². The highest BCUT2D eigenvalue weighted by molar-refractivity contribution is 7.80. The summed E-state index contributed by atoms with van der Waals surface area (Å²) in [6, 6.07) is 22.1. The zero-order valence-electron chi connectivity index (χ0n) is 13.8. The van der Waals surface area contributed by atoms with Crippen molar-refractivity contribution in [3.63, 3.8) is 0 Å². The van der Waals surface area contributed by atoms with Crippen molar-refractivity contribution in [3.05, 3.63) is 102 Å². The van der Waals surface area contributed by atoms with E-state index in [0.717, 1.165) is 5.56 Å². The summed E-state index contributed by atoms with van der Waals surface area (Å²) in [5.74, 6) is 0.565. The Kier molecular flexibility index (Phi) is 4.37. The molecule has 1 aromatic heterocycles. The molecule has 0 saturated carbocycles. The van der Waals surface area contributed by atoms with Crippen molar-refractivity contribution in [1.29, 1.82) is 0 Å². The molecule has 0 unspecified atom stereocenters. The van der Waals surface area contributed by atoms with Crippen LogP contribution in [0.4, 0.5) is 0 Å². The van der Waals surface area contributed by atoms with Gasteiger partial charge >= 0.3 is 0 Å². The summed E-state index contributed by atoms with van der Waals surface area (Å²) in [6.45, 7) is 0. The zero-order valence-corrected chi connectivity index (χ0v) is 14.6. The van der Waals surface area contributed by atoms with Gasteiger partial charge in [-0.3, -0.25) is 4.79 Å². The molecule has 0 amide bonds. The number of hydrogen-bond donors (Lipinski definition) is 2. The summed E-state index contributed by atoms with van der Waals surface area (Å²) in [5, 5.41) is 6.78. The first-order valence-electron chi connectivity index (χ1n) is 8.24. The van der Waals surface area contributed by atoms with Crippen LogP contribution in [0.1, 0.15) is 27.7 Å². The van der Waals surface area contributed by atoms with Gasteiger partial charge in [0.2, 0.25) is 0 Å². The average molecular weight is 360 g/mol. The molecule has 1 atom stereocenters. The van der Waals surface area contributed by atoms with Gasteiger partial charge in [0.1, 0.15) is 11.8 Å². The molecule has 5 heteroatoms. The van der Waals surface area contributed by atoms with E-state index >= 15 is 0 Å². The van der Waals surface area contributed by atoms with Crippen LogP contribution in [0.25, 0.3) is 5.70 Å². The quantitative estimate of drug-likeness (QED) is 0.542. The predicted molar refractivity (Wildman–Crippen MR) is 104 cm³/mol. The van der Waals surface area contributed by atoms with Gasteiger partial charge in [-0.1, -0.05) is 60.7 Å². The maximum atomic E-state index is 13.4. The predicted octanol–water partition coefficient (Wildman–Crippen LogP) is 4.09. The number of ketones is 1. The molecular formula is C21H16N2O2S. The van der Waals surface area contributed by atoms with E-state index < -0.39 is 6.04 Å². The summed E-state index contributed by atoms with van der Waals surface area (Å²) in [7, 11) is 0. The maximum absolute atomic E-state index is 13.4. The molecule has 1 aliphatic rings. The van der Waals surface area contributed by atoms with Gasteiger partial charge in [0.25, 0.3) is 0 Å². The normalized spacial score (nSPS) is 16.8. The molecular weight excluding hydrogens is 344 g/mol. The minimum atomic E-state index is -0.457. The molecule has 4 nitrogen and oxygen atoms in total. The molecule has 0 spiro atoms. The van der Waals surface area contributed by atoms with Crippen molar-refractivity contribution in [3.8, 4) is 0 Å². The van der Waals surface area contributed by atoms with Crippen molar-refractivity contribution in [2.75, 3.05) is 0 Å². The third-order valence-corrected chi connectivity index (χ3v) is 4.46. The van der Waals surface area contributed by atoms with E-state index in [0.29, 0.717) is 27.7 Å². The van der Waals surface area contributed by atoms with Gasteiger partial charge in [0, 0.05) is 5.56 Å². The number of benzene rings is 2. The smallest absolute Gasteiger partial charge is 0.193 e. The Balaban J connectivity index is 1.92. The van der Waals surface area contributed by atoms with Crippen LogP contribution in [-0.4, -0.2) is 10.9 Å². The maximum Gasteiger partial charge on any atom is 0.193 e. The summed E-state index contributed by atoms with van der Waals surface area (Å²) in [6.07, 6.45) is 1.59. The fourth-order valence-corrected chi connectivity index (χ4v) is 3.28. The van der Waals surface area contributed by atoms with Gasteiger partial charge in [0.15, 0.2) is 10.9 Å². The van der Waals surface area contributed by atoms with Crippen LogP contribution in [0.2, 0.25) is 0 Å². The molecule has 4 rings (SSSR count). The van der Waals surface area contributed by atoms with E-state index in [1.807, 2.05) is 66.7 Å². The first-order chi connectivity index (χ1) is 12.7. The van der Waals surface area contributed by atoms with E-state index in [2.05, 4.69) is 10.6 Å².